The van der Waals surface area contributed by atoms with Gasteiger partial charge in [0.05, 0.1) is 12.6 Å². The molecular formula is C15H22N2O. The van der Waals surface area contributed by atoms with Gasteiger partial charge in [0.15, 0.2) is 0 Å². The fourth-order valence-electron chi connectivity index (χ4n) is 2.92. The largest absolute Gasteiger partial charge is 0.394 e. The lowest BCUT2D eigenvalue weighted by molar-refractivity contribution is 0.230. The minimum atomic E-state index is 0.0790. The van der Waals surface area contributed by atoms with Crippen LogP contribution in [0.25, 0.3) is 0 Å². The number of rotatable bonds is 5. The average molecular weight is 246 g/mol. The van der Waals surface area contributed by atoms with Crippen molar-refractivity contribution in [2.45, 2.75) is 37.4 Å². The van der Waals surface area contributed by atoms with Crippen LogP contribution in [0.3, 0.4) is 0 Å². The van der Waals surface area contributed by atoms with Crippen LogP contribution in [0.15, 0.2) is 30.3 Å². The summed E-state index contributed by atoms with van der Waals surface area (Å²) in [7, 11) is 0. The molecule has 2 N–H and O–H groups in total. The molecule has 2 fully saturated rings. The second-order valence-electron chi connectivity index (χ2n) is 5.52. The highest BCUT2D eigenvalue weighted by Gasteiger charge is 2.34. The van der Waals surface area contributed by atoms with Crippen molar-refractivity contribution in [3.8, 4) is 0 Å². The third kappa shape index (κ3) is 2.74. The summed E-state index contributed by atoms with van der Waals surface area (Å²) in [6.45, 7) is 2.53. The predicted octanol–water partition coefficient (Wildman–Crippen LogP) is 1.55. The van der Waals surface area contributed by atoms with Crippen LogP contribution in [-0.2, 0) is 0 Å². The van der Waals surface area contributed by atoms with Crippen LogP contribution < -0.4 is 5.32 Å². The Morgan fingerprint density at radius 3 is 2.67 bits per heavy atom. The van der Waals surface area contributed by atoms with Crippen LogP contribution >= 0.6 is 0 Å². The van der Waals surface area contributed by atoms with Gasteiger partial charge in [-0.3, -0.25) is 4.90 Å². The van der Waals surface area contributed by atoms with E-state index in [0.717, 1.165) is 12.6 Å². The van der Waals surface area contributed by atoms with E-state index in [4.69, 9.17) is 0 Å². The number of likely N-dealkylation sites (tertiary alicyclic amines) is 1. The number of benzene rings is 1. The van der Waals surface area contributed by atoms with E-state index in [-0.39, 0.29) is 12.6 Å². The van der Waals surface area contributed by atoms with Crippen molar-refractivity contribution in [2.75, 3.05) is 19.7 Å². The normalized spacial score (nSPS) is 26.4. The highest BCUT2D eigenvalue weighted by atomic mass is 16.3. The van der Waals surface area contributed by atoms with Crippen LogP contribution in [0.4, 0.5) is 0 Å². The number of nitrogens with one attached hydrogen (secondary N) is 1. The summed E-state index contributed by atoms with van der Waals surface area (Å²) in [5, 5.41) is 13.2. The number of hydrogen-bond acceptors (Lipinski definition) is 3. The molecule has 1 saturated heterocycles. The Kier molecular flexibility index (Phi) is 3.64. The second kappa shape index (κ2) is 5.39. The molecule has 1 aromatic rings. The second-order valence-corrected chi connectivity index (χ2v) is 5.52. The molecule has 2 aliphatic rings. The van der Waals surface area contributed by atoms with Crippen molar-refractivity contribution in [1.82, 2.24) is 10.2 Å². The molecule has 1 heterocycles. The van der Waals surface area contributed by atoms with Gasteiger partial charge in [0.25, 0.3) is 0 Å². The summed E-state index contributed by atoms with van der Waals surface area (Å²) in [5.41, 5.74) is 1.19. The Hall–Kier alpha value is -0.900. The van der Waals surface area contributed by atoms with Crippen LogP contribution in [-0.4, -0.2) is 41.8 Å². The van der Waals surface area contributed by atoms with E-state index in [1.54, 1.807) is 0 Å². The molecule has 2 unspecified atom stereocenters. The minimum absolute atomic E-state index is 0.0790. The van der Waals surface area contributed by atoms with Crippen LogP contribution in [0, 0.1) is 0 Å². The first-order valence-corrected chi connectivity index (χ1v) is 7.02. The summed E-state index contributed by atoms with van der Waals surface area (Å²) in [5.74, 6) is 0. The maximum Gasteiger partial charge on any atom is 0.0626 e. The fraction of sp³-hybridized carbons (Fsp3) is 0.600. The Bertz CT molecular complexity index is 377. The van der Waals surface area contributed by atoms with E-state index in [1.165, 1.54) is 31.4 Å². The van der Waals surface area contributed by atoms with Gasteiger partial charge < -0.3 is 10.4 Å². The van der Waals surface area contributed by atoms with Gasteiger partial charge in [0.1, 0.15) is 0 Å². The summed E-state index contributed by atoms with van der Waals surface area (Å²) in [6, 6.07) is 11.7. The number of hydrogen-bond donors (Lipinski definition) is 2. The van der Waals surface area contributed by atoms with Gasteiger partial charge in [-0.2, -0.15) is 0 Å². The standard InChI is InChI=1S/C15H22N2O/c18-11-15(12-4-2-1-3-5-12)16-13-8-9-17(10-13)14-6-7-14/h1-5,13-16,18H,6-11H2. The molecule has 3 heteroatoms. The molecule has 0 aromatic heterocycles. The molecule has 1 saturated carbocycles. The lowest BCUT2D eigenvalue weighted by Gasteiger charge is -2.22. The van der Waals surface area contributed by atoms with E-state index < -0.39 is 0 Å². The van der Waals surface area contributed by atoms with E-state index in [0.29, 0.717) is 6.04 Å². The van der Waals surface area contributed by atoms with Gasteiger partial charge in [0.2, 0.25) is 0 Å². The zero-order valence-corrected chi connectivity index (χ0v) is 10.8. The Balaban J connectivity index is 1.57. The lowest BCUT2D eigenvalue weighted by atomic mass is 10.1. The minimum Gasteiger partial charge on any atom is -0.394 e. The first kappa shape index (κ1) is 12.2. The van der Waals surface area contributed by atoms with Gasteiger partial charge in [-0.15, -0.1) is 0 Å². The zero-order chi connectivity index (χ0) is 12.4. The smallest absolute Gasteiger partial charge is 0.0626 e. The monoisotopic (exact) mass is 246 g/mol. The number of aliphatic hydroxyl groups excluding tert-OH is 1. The van der Waals surface area contributed by atoms with E-state index >= 15 is 0 Å². The lowest BCUT2D eigenvalue weighted by Crippen LogP contribution is -2.37. The predicted molar refractivity (Wildman–Crippen MR) is 72.4 cm³/mol. The summed E-state index contributed by atoms with van der Waals surface area (Å²) in [6.07, 6.45) is 3.98. The van der Waals surface area contributed by atoms with E-state index in [1.807, 2.05) is 18.2 Å². The fourth-order valence-corrected chi connectivity index (χ4v) is 2.92. The van der Waals surface area contributed by atoms with Gasteiger partial charge in [-0.05, 0) is 24.8 Å². The molecule has 0 bridgehead atoms. The van der Waals surface area contributed by atoms with Gasteiger partial charge in [-0.1, -0.05) is 30.3 Å². The van der Waals surface area contributed by atoms with E-state index in [9.17, 15) is 5.11 Å². The Labute approximate surface area is 109 Å². The van der Waals surface area contributed by atoms with Gasteiger partial charge in [0, 0.05) is 25.2 Å². The van der Waals surface area contributed by atoms with Crippen LogP contribution in [0.5, 0.6) is 0 Å². The first-order chi connectivity index (χ1) is 8.86. The van der Waals surface area contributed by atoms with Crippen molar-refractivity contribution in [3.05, 3.63) is 35.9 Å². The topological polar surface area (TPSA) is 35.5 Å². The maximum absolute atomic E-state index is 9.55. The molecule has 3 rings (SSSR count). The molecule has 0 radical (unpaired) electrons. The number of nitrogens with zero attached hydrogens (tertiary/aromatic N) is 1. The van der Waals surface area contributed by atoms with Crippen LogP contribution in [0.1, 0.15) is 30.9 Å². The van der Waals surface area contributed by atoms with E-state index in [2.05, 4.69) is 22.3 Å². The molecule has 18 heavy (non-hydrogen) atoms. The summed E-state index contributed by atoms with van der Waals surface area (Å²) >= 11 is 0. The third-order valence-corrected chi connectivity index (χ3v) is 4.10. The zero-order valence-electron chi connectivity index (χ0n) is 10.8. The molecule has 0 amide bonds. The number of aliphatic hydroxyl groups is 1. The molecule has 1 aromatic carbocycles. The maximum atomic E-state index is 9.55. The molecule has 1 aliphatic heterocycles. The third-order valence-electron chi connectivity index (χ3n) is 4.10. The quantitative estimate of drug-likeness (QED) is 0.827. The average Bonchev–Trinajstić information content (AvgIpc) is 3.17. The molecule has 1 aliphatic carbocycles. The highest BCUT2D eigenvalue weighted by molar-refractivity contribution is 5.19. The molecule has 2 atom stereocenters. The van der Waals surface area contributed by atoms with Crippen molar-refractivity contribution in [1.29, 1.82) is 0 Å². The Morgan fingerprint density at radius 1 is 1.22 bits per heavy atom. The van der Waals surface area contributed by atoms with Crippen LogP contribution in [0.2, 0.25) is 0 Å². The van der Waals surface area contributed by atoms with Crippen molar-refractivity contribution in [3.63, 3.8) is 0 Å². The van der Waals surface area contributed by atoms with Crippen molar-refractivity contribution >= 4 is 0 Å². The molecule has 98 valence electrons. The van der Waals surface area contributed by atoms with Gasteiger partial charge in [-0.25, -0.2) is 0 Å². The molecule has 3 nitrogen and oxygen atoms in total. The first-order valence-electron chi connectivity index (χ1n) is 7.02. The highest BCUT2D eigenvalue weighted by Crippen LogP contribution is 2.30. The van der Waals surface area contributed by atoms with Gasteiger partial charge >= 0.3 is 0 Å². The summed E-state index contributed by atoms with van der Waals surface area (Å²) < 4.78 is 0. The summed E-state index contributed by atoms with van der Waals surface area (Å²) in [4.78, 5) is 2.59. The SMILES string of the molecule is OCC(NC1CCN(C2CC2)C1)c1ccccc1. The Morgan fingerprint density at radius 2 is 2.00 bits per heavy atom. The van der Waals surface area contributed by atoms with Crippen molar-refractivity contribution in [2.24, 2.45) is 0 Å². The molecule has 0 spiro atoms. The molecular weight excluding hydrogens is 224 g/mol. The van der Waals surface area contributed by atoms with Crippen molar-refractivity contribution < 1.29 is 5.11 Å².